The van der Waals surface area contributed by atoms with E-state index in [-0.39, 0.29) is 0 Å². The number of hydrogen-bond acceptors (Lipinski definition) is 2. The minimum atomic E-state index is -0.875. The van der Waals surface area contributed by atoms with Crippen LogP contribution in [0.15, 0.2) is 29.3 Å². The van der Waals surface area contributed by atoms with Gasteiger partial charge in [-0.3, -0.25) is 0 Å². The van der Waals surface area contributed by atoms with Crippen LogP contribution in [0.1, 0.15) is 44.2 Å². The van der Waals surface area contributed by atoms with Crippen molar-refractivity contribution in [2.75, 3.05) is 0 Å². The molecule has 2 unspecified atom stereocenters. The van der Waals surface area contributed by atoms with Gasteiger partial charge in [-0.2, -0.15) is 0 Å². The van der Waals surface area contributed by atoms with Gasteiger partial charge >= 0.3 is 116 Å². The summed E-state index contributed by atoms with van der Waals surface area (Å²) in [6.45, 7) is 6.13. The molecule has 98 valence electrons. The standard InChI is InChI=1S/C15H21NOSe/c1-4-5-13-10-15(3,17)16-14(18-13)12-8-6-11(2)7-9-12/h6-9,13,17H,4-5,10H2,1-3H3. The van der Waals surface area contributed by atoms with Crippen LogP contribution >= 0.6 is 0 Å². The molecule has 3 heteroatoms. The van der Waals surface area contributed by atoms with E-state index in [0.29, 0.717) is 19.8 Å². The summed E-state index contributed by atoms with van der Waals surface area (Å²) in [5.41, 5.74) is 1.57. The quantitative estimate of drug-likeness (QED) is 0.855. The van der Waals surface area contributed by atoms with Crippen molar-refractivity contribution < 1.29 is 5.11 Å². The summed E-state index contributed by atoms with van der Waals surface area (Å²) >= 11 is 0.382. The number of aliphatic imine (C=N–C) groups is 1. The van der Waals surface area contributed by atoms with E-state index in [1.165, 1.54) is 24.0 Å². The number of aliphatic hydroxyl groups is 1. The van der Waals surface area contributed by atoms with Crippen molar-refractivity contribution in [3.05, 3.63) is 35.4 Å². The van der Waals surface area contributed by atoms with Gasteiger partial charge in [-0.05, 0) is 0 Å². The summed E-state index contributed by atoms with van der Waals surface area (Å²) in [5, 5.41) is 10.3. The zero-order valence-corrected chi connectivity index (χ0v) is 13.0. The van der Waals surface area contributed by atoms with Gasteiger partial charge in [0.25, 0.3) is 0 Å². The average molecular weight is 310 g/mol. The van der Waals surface area contributed by atoms with E-state index in [9.17, 15) is 5.11 Å². The van der Waals surface area contributed by atoms with Gasteiger partial charge < -0.3 is 0 Å². The Hall–Kier alpha value is -0.631. The molecule has 0 radical (unpaired) electrons. The Morgan fingerprint density at radius 3 is 2.67 bits per heavy atom. The van der Waals surface area contributed by atoms with Gasteiger partial charge in [0.2, 0.25) is 0 Å². The second-order valence-corrected chi connectivity index (χ2v) is 7.94. The van der Waals surface area contributed by atoms with Crippen LogP contribution in [0.4, 0.5) is 0 Å². The first-order chi connectivity index (χ1) is 8.50. The predicted octanol–water partition coefficient (Wildman–Crippen LogP) is 3.15. The molecule has 1 heterocycles. The van der Waals surface area contributed by atoms with Crippen LogP contribution in [-0.2, 0) is 0 Å². The zero-order valence-electron chi connectivity index (χ0n) is 11.3. The SMILES string of the molecule is CCCC1CC(C)(O)N=C(c2ccc(C)cc2)[Se]1. The van der Waals surface area contributed by atoms with Crippen LogP contribution in [0.3, 0.4) is 0 Å². The van der Waals surface area contributed by atoms with Gasteiger partial charge in [-0.15, -0.1) is 0 Å². The van der Waals surface area contributed by atoms with E-state index in [1.54, 1.807) is 0 Å². The topological polar surface area (TPSA) is 32.6 Å². The minimum absolute atomic E-state index is 0.382. The first-order valence-corrected chi connectivity index (χ1v) is 8.40. The van der Waals surface area contributed by atoms with Gasteiger partial charge in [0.1, 0.15) is 0 Å². The average Bonchev–Trinajstić information content (AvgIpc) is 2.28. The van der Waals surface area contributed by atoms with E-state index >= 15 is 0 Å². The number of benzene rings is 1. The van der Waals surface area contributed by atoms with Gasteiger partial charge in [0.05, 0.1) is 0 Å². The van der Waals surface area contributed by atoms with E-state index < -0.39 is 5.72 Å². The summed E-state index contributed by atoms with van der Waals surface area (Å²) < 4.78 is 1.12. The molecule has 1 aliphatic heterocycles. The fourth-order valence-corrected chi connectivity index (χ4v) is 5.57. The van der Waals surface area contributed by atoms with Gasteiger partial charge in [-0.25, -0.2) is 0 Å². The van der Waals surface area contributed by atoms with Crippen LogP contribution in [0.25, 0.3) is 0 Å². The predicted molar refractivity (Wildman–Crippen MR) is 77.4 cm³/mol. The maximum absolute atomic E-state index is 10.3. The van der Waals surface area contributed by atoms with Crippen LogP contribution in [0.5, 0.6) is 0 Å². The van der Waals surface area contributed by atoms with Crippen molar-refractivity contribution in [2.24, 2.45) is 4.99 Å². The summed E-state index contributed by atoms with van der Waals surface area (Å²) in [7, 11) is 0. The molecule has 0 aliphatic carbocycles. The van der Waals surface area contributed by atoms with Crippen molar-refractivity contribution >= 4 is 19.6 Å². The summed E-state index contributed by atoms with van der Waals surface area (Å²) in [5.74, 6) is 0. The Bertz CT molecular complexity index is 436. The van der Waals surface area contributed by atoms with Gasteiger partial charge in [-0.1, -0.05) is 0 Å². The monoisotopic (exact) mass is 311 g/mol. The molecule has 1 aromatic rings. The van der Waals surface area contributed by atoms with Gasteiger partial charge in [0.15, 0.2) is 0 Å². The van der Waals surface area contributed by atoms with E-state index in [0.717, 1.165) is 11.0 Å². The second kappa shape index (κ2) is 5.56. The molecule has 0 spiro atoms. The van der Waals surface area contributed by atoms with E-state index in [2.05, 4.69) is 43.1 Å². The third kappa shape index (κ3) is 3.44. The molecule has 0 amide bonds. The Morgan fingerprint density at radius 2 is 2.06 bits per heavy atom. The molecule has 0 saturated carbocycles. The van der Waals surface area contributed by atoms with Crippen LogP contribution in [0, 0.1) is 6.92 Å². The van der Waals surface area contributed by atoms with Crippen molar-refractivity contribution in [1.82, 2.24) is 0 Å². The molecular formula is C15H21NOSe. The molecule has 2 atom stereocenters. The third-order valence-corrected chi connectivity index (χ3v) is 5.84. The molecule has 0 bridgehead atoms. The van der Waals surface area contributed by atoms with E-state index in [1.807, 2.05) is 6.92 Å². The molecule has 2 nitrogen and oxygen atoms in total. The van der Waals surface area contributed by atoms with Crippen molar-refractivity contribution in [3.8, 4) is 0 Å². The summed E-state index contributed by atoms with van der Waals surface area (Å²) in [4.78, 5) is 5.16. The first kappa shape index (κ1) is 13.8. The van der Waals surface area contributed by atoms with Crippen molar-refractivity contribution in [2.45, 2.75) is 50.6 Å². The molecular weight excluding hydrogens is 289 g/mol. The van der Waals surface area contributed by atoms with Crippen LogP contribution in [-0.4, -0.2) is 30.4 Å². The molecule has 0 saturated heterocycles. The number of nitrogens with zero attached hydrogens (tertiary/aromatic N) is 1. The number of rotatable bonds is 3. The summed E-state index contributed by atoms with van der Waals surface area (Å²) in [6.07, 6.45) is 3.20. The third-order valence-electron chi connectivity index (χ3n) is 3.14. The maximum atomic E-state index is 10.3. The molecule has 0 aromatic heterocycles. The van der Waals surface area contributed by atoms with Crippen LogP contribution < -0.4 is 0 Å². The van der Waals surface area contributed by atoms with Crippen LogP contribution in [0.2, 0.25) is 4.82 Å². The molecule has 1 aliphatic rings. The summed E-state index contributed by atoms with van der Waals surface area (Å²) in [6, 6.07) is 8.48. The fraction of sp³-hybridized carbons (Fsp3) is 0.533. The normalized spacial score (nSPS) is 28.0. The van der Waals surface area contributed by atoms with E-state index in [4.69, 9.17) is 0 Å². The Kier molecular flexibility index (Phi) is 4.26. The molecule has 0 fully saturated rings. The Balaban J connectivity index is 2.25. The zero-order chi connectivity index (χ0) is 13.2. The Morgan fingerprint density at radius 1 is 1.39 bits per heavy atom. The van der Waals surface area contributed by atoms with Crippen molar-refractivity contribution in [1.29, 1.82) is 0 Å². The number of aryl methyl sites for hydroxylation is 1. The number of hydrogen-bond donors (Lipinski definition) is 1. The van der Waals surface area contributed by atoms with Crippen molar-refractivity contribution in [3.63, 3.8) is 0 Å². The van der Waals surface area contributed by atoms with Gasteiger partial charge in [0, 0.05) is 0 Å². The molecule has 18 heavy (non-hydrogen) atoms. The molecule has 1 aromatic carbocycles. The fourth-order valence-electron chi connectivity index (χ4n) is 2.23. The molecule has 2 rings (SSSR count). The second-order valence-electron chi connectivity index (χ2n) is 5.23. The first-order valence-electron chi connectivity index (χ1n) is 6.56. The molecule has 1 N–H and O–H groups in total. The Labute approximate surface area is 116 Å².